The zero-order valence-electron chi connectivity index (χ0n) is 10.2. The summed E-state index contributed by atoms with van der Waals surface area (Å²) in [6, 6.07) is 8.03. The van der Waals surface area contributed by atoms with Crippen LogP contribution in [0.4, 0.5) is 11.4 Å². The van der Waals surface area contributed by atoms with Crippen LogP contribution in [0.2, 0.25) is 0 Å². The molecule has 88 valence electrons. The van der Waals surface area contributed by atoms with Crippen molar-refractivity contribution < 1.29 is 0 Å². The minimum Gasteiger partial charge on any atom is -0.399 e. The molecule has 0 fully saturated rings. The van der Waals surface area contributed by atoms with Crippen LogP contribution in [0.3, 0.4) is 0 Å². The van der Waals surface area contributed by atoms with E-state index < -0.39 is 0 Å². The Morgan fingerprint density at radius 2 is 2.06 bits per heavy atom. The van der Waals surface area contributed by atoms with E-state index in [1.54, 1.807) is 0 Å². The van der Waals surface area contributed by atoms with Gasteiger partial charge < -0.3 is 11.1 Å². The Kier molecular flexibility index (Phi) is 3.28. The van der Waals surface area contributed by atoms with Gasteiger partial charge in [0.05, 0.1) is 0 Å². The minimum atomic E-state index is 0.789. The van der Waals surface area contributed by atoms with Crippen LogP contribution in [-0.2, 0) is 6.54 Å². The second kappa shape index (κ2) is 4.87. The van der Waals surface area contributed by atoms with Crippen LogP contribution in [0.15, 0.2) is 36.7 Å². The Labute approximate surface area is 102 Å². The Balaban J connectivity index is 2.10. The molecule has 2 aromatic rings. The lowest BCUT2D eigenvalue weighted by Gasteiger charge is -2.10. The van der Waals surface area contributed by atoms with Crippen LogP contribution in [0.25, 0.3) is 0 Å². The number of aromatic nitrogens is 1. The summed E-state index contributed by atoms with van der Waals surface area (Å²) in [5.74, 6) is 0. The summed E-state index contributed by atoms with van der Waals surface area (Å²) in [4.78, 5) is 4.08. The number of rotatable bonds is 3. The summed E-state index contributed by atoms with van der Waals surface area (Å²) in [6.45, 7) is 4.89. The molecule has 2 rings (SSSR count). The van der Waals surface area contributed by atoms with Crippen LogP contribution in [0, 0.1) is 13.8 Å². The standard InChI is InChI=1S/C14H17N3/c1-10-5-13(15)7-14(6-10)17-9-12-3-4-16-8-11(12)2/h3-8,17H,9,15H2,1-2H3. The van der Waals surface area contributed by atoms with Gasteiger partial charge in [0.2, 0.25) is 0 Å². The van der Waals surface area contributed by atoms with Crippen molar-refractivity contribution in [3.05, 3.63) is 53.3 Å². The fraction of sp³-hybridized carbons (Fsp3) is 0.214. The number of anilines is 2. The molecule has 0 unspecified atom stereocenters. The van der Waals surface area contributed by atoms with Crippen molar-refractivity contribution >= 4 is 11.4 Å². The Hall–Kier alpha value is -2.03. The lowest BCUT2D eigenvalue weighted by Crippen LogP contribution is -2.02. The van der Waals surface area contributed by atoms with E-state index in [1.807, 2.05) is 37.5 Å². The van der Waals surface area contributed by atoms with E-state index in [1.165, 1.54) is 16.7 Å². The van der Waals surface area contributed by atoms with Gasteiger partial charge in [-0.25, -0.2) is 0 Å². The number of hydrogen-bond acceptors (Lipinski definition) is 3. The average molecular weight is 227 g/mol. The number of benzene rings is 1. The Morgan fingerprint density at radius 1 is 1.24 bits per heavy atom. The largest absolute Gasteiger partial charge is 0.399 e. The van der Waals surface area contributed by atoms with Crippen LogP contribution >= 0.6 is 0 Å². The quantitative estimate of drug-likeness (QED) is 0.793. The van der Waals surface area contributed by atoms with Gasteiger partial charge in [-0.15, -0.1) is 0 Å². The third-order valence-corrected chi connectivity index (χ3v) is 2.72. The molecule has 3 nitrogen and oxygen atoms in total. The van der Waals surface area contributed by atoms with Crippen molar-refractivity contribution in [2.75, 3.05) is 11.1 Å². The zero-order valence-corrected chi connectivity index (χ0v) is 10.2. The zero-order chi connectivity index (χ0) is 12.3. The molecule has 1 aromatic carbocycles. The Bertz CT molecular complexity index is 500. The summed E-state index contributed by atoms with van der Waals surface area (Å²) in [7, 11) is 0. The van der Waals surface area contributed by atoms with Crippen molar-refractivity contribution in [3.63, 3.8) is 0 Å². The first-order valence-electron chi connectivity index (χ1n) is 5.65. The fourth-order valence-corrected chi connectivity index (χ4v) is 1.81. The van der Waals surface area contributed by atoms with E-state index in [2.05, 4.69) is 23.3 Å². The molecule has 1 aromatic heterocycles. The molecule has 0 spiro atoms. The van der Waals surface area contributed by atoms with E-state index >= 15 is 0 Å². The van der Waals surface area contributed by atoms with Crippen molar-refractivity contribution in [2.45, 2.75) is 20.4 Å². The van der Waals surface area contributed by atoms with Crippen molar-refractivity contribution in [2.24, 2.45) is 0 Å². The number of aryl methyl sites for hydroxylation is 2. The molecule has 0 aliphatic carbocycles. The van der Waals surface area contributed by atoms with Gasteiger partial charge in [0.1, 0.15) is 0 Å². The molecule has 0 radical (unpaired) electrons. The summed E-state index contributed by atoms with van der Waals surface area (Å²) in [5.41, 5.74) is 11.3. The predicted octanol–water partition coefficient (Wildman–Crippen LogP) is 2.89. The van der Waals surface area contributed by atoms with Gasteiger partial charge in [0.15, 0.2) is 0 Å². The molecule has 0 amide bonds. The third-order valence-electron chi connectivity index (χ3n) is 2.72. The van der Waals surface area contributed by atoms with Crippen LogP contribution < -0.4 is 11.1 Å². The minimum absolute atomic E-state index is 0.789. The van der Waals surface area contributed by atoms with Crippen molar-refractivity contribution in [1.29, 1.82) is 0 Å². The van der Waals surface area contributed by atoms with Gasteiger partial charge in [0, 0.05) is 30.3 Å². The fourth-order valence-electron chi connectivity index (χ4n) is 1.81. The van der Waals surface area contributed by atoms with E-state index in [0.717, 1.165) is 17.9 Å². The van der Waals surface area contributed by atoms with Crippen LogP contribution in [0.5, 0.6) is 0 Å². The van der Waals surface area contributed by atoms with Gasteiger partial charge in [-0.05, 0) is 54.8 Å². The summed E-state index contributed by atoms with van der Waals surface area (Å²) in [6.07, 6.45) is 3.69. The van der Waals surface area contributed by atoms with Crippen LogP contribution in [0.1, 0.15) is 16.7 Å². The predicted molar refractivity (Wildman–Crippen MR) is 71.9 cm³/mol. The second-order valence-electron chi connectivity index (χ2n) is 4.29. The van der Waals surface area contributed by atoms with Gasteiger partial charge in [0.25, 0.3) is 0 Å². The first-order valence-corrected chi connectivity index (χ1v) is 5.65. The van der Waals surface area contributed by atoms with E-state index in [4.69, 9.17) is 5.73 Å². The maximum Gasteiger partial charge on any atom is 0.0404 e. The van der Waals surface area contributed by atoms with E-state index in [9.17, 15) is 0 Å². The van der Waals surface area contributed by atoms with Gasteiger partial charge in [-0.2, -0.15) is 0 Å². The second-order valence-corrected chi connectivity index (χ2v) is 4.29. The van der Waals surface area contributed by atoms with Crippen LogP contribution in [-0.4, -0.2) is 4.98 Å². The van der Waals surface area contributed by atoms with Crippen molar-refractivity contribution in [3.8, 4) is 0 Å². The Morgan fingerprint density at radius 3 is 2.76 bits per heavy atom. The number of nitrogens with one attached hydrogen (secondary N) is 1. The SMILES string of the molecule is Cc1cc(N)cc(NCc2ccncc2C)c1. The monoisotopic (exact) mass is 227 g/mol. The highest BCUT2D eigenvalue weighted by molar-refractivity contribution is 5.57. The molecule has 1 heterocycles. The lowest BCUT2D eigenvalue weighted by molar-refractivity contribution is 1.09. The number of hydrogen-bond donors (Lipinski definition) is 2. The lowest BCUT2D eigenvalue weighted by atomic mass is 10.1. The first-order chi connectivity index (χ1) is 8.15. The van der Waals surface area contributed by atoms with E-state index in [-0.39, 0.29) is 0 Å². The molecule has 3 N–H and O–H groups in total. The summed E-state index contributed by atoms with van der Waals surface area (Å²) < 4.78 is 0. The number of pyridine rings is 1. The molecule has 0 saturated heterocycles. The molecular weight excluding hydrogens is 210 g/mol. The number of nitrogens with zero attached hydrogens (tertiary/aromatic N) is 1. The molecule has 0 aliphatic rings. The molecule has 0 saturated carbocycles. The molecule has 3 heteroatoms. The number of nitrogen functional groups attached to an aromatic ring is 1. The highest BCUT2D eigenvalue weighted by atomic mass is 14.9. The maximum absolute atomic E-state index is 5.81. The molecule has 0 atom stereocenters. The first kappa shape index (κ1) is 11.5. The van der Waals surface area contributed by atoms with E-state index in [0.29, 0.717) is 0 Å². The highest BCUT2D eigenvalue weighted by Crippen LogP contribution is 2.17. The van der Waals surface area contributed by atoms with Gasteiger partial charge in [-0.1, -0.05) is 0 Å². The topological polar surface area (TPSA) is 50.9 Å². The highest BCUT2D eigenvalue weighted by Gasteiger charge is 1.99. The third kappa shape index (κ3) is 2.97. The summed E-state index contributed by atoms with van der Waals surface area (Å²) in [5, 5.41) is 3.38. The molecule has 17 heavy (non-hydrogen) atoms. The normalized spacial score (nSPS) is 10.2. The molecule has 0 aliphatic heterocycles. The average Bonchev–Trinajstić information content (AvgIpc) is 2.27. The molecule has 0 bridgehead atoms. The summed E-state index contributed by atoms with van der Waals surface area (Å²) >= 11 is 0. The van der Waals surface area contributed by atoms with Gasteiger partial charge >= 0.3 is 0 Å². The number of nitrogens with two attached hydrogens (primary N) is 1. The molecular formula is C14H17N3. The van der Waals surface area contributed by atoms with Crippen molar-refractivity contribution in [1.82, 2.24) is 4.98 Å². The smallest absolute Gasteiger partial charge is 0.0404 e. The maximum atomic E-state index is 5.81. The van der Waals surface area contributed by atoms with Gasteiger partial charge in [-0.3, -0.25) is 4.98 Å².